The smallest absolute Gasteiger partial charge is 0.337 e. The van der Waals surface area contributed by atoms with Crippen molar-refractivity contribution in [1.82, 2.24) is 10.6 Å². The van der Waals surface area contributed by atoms with Gasteiger partial charge in [0.15, 0.2) is 0 Å². The molecule has 9 nitrogen and oxygen atoms in total. The van der Waals surface area contributed by atoms with E-state index in [9.17, 15) is 19.2 Å². The zero-order valence-electron chi connectivity index (χ0n) is 26.7. The van der Waals surface area contributed by atoms with E-state index in [1.807, 2.05) is 51.1 Å². The van der Waals surface area contributed by atoms with Crippen LogP contribution in [-0.4, -0.2) is 44.0 Å². The van der Waals surface area contributed by atoms with E-state index in [-0.39, 0.29) is 35.7 Å². The highest BCUT2D eigenvalue weighted by Crippen LogP contribution is 2.44. The van der Waals surface area contributed by atoms with Crippen LogP contribution in [0.5, 0.6) is 0 Å². The number of nitrogens with one attached hydrogen (secondary N) is 2. The van der Waals surface area contributed by atoms with E-state index >= 15 is 0 Å². The first kappa shape index (κ1) is 32.2. The molecule has 0 radical (unpaired) electrons. The number of rotatable bonds is 8. The van der Waals surface area contributed by atoms with E-state index in [0.717, 1.165) is 52.7 Å². The third-order valence-electron chi connectivity index (χ3n) is 9.22. The molecule has 5 rings (SSSR count). The molecule has 0 heterocycles. The number of aryl methyl sites for hydroxylation is 1. The average molecular weight is 614 g/mol. The summed E-state index contributed by atoms with van der Waals surface area (Å²) in [6.07, 6.45) is 7.94. The summed E-state index contributed by atoms with van der Waals surface area (Å²) in [4.78, 5) is 51.1. The quantitative estimate of drug-likeness (QED) is 0.355. The summed E-state index contributed by atoms with van der Waals surface area (Å²) in [5, 5.41) is 6.37. The van der Waals surface area contributed by atoms with E-state index in [0.29, 0.717) is 36.0 Å². The average Bonchev–Trinajstić information content (AvgIpc) is 3.42. The van der Waals surface area contributed by atoms with Crippen LogP contribution in [0, 0.1) is 12.8 Å². The van der Waals surface area contributed by atoms with Gasteiger partial charge in [0.2, 0.25) is 11.8 Å². The molecule has 4 atom stereocenters. The molecule has 0 aromatic heterocycles. The topological polar surface area (TPSA) is 137 Å². The fourth-order valence-electron chi connectivity index (χ4n) is 6.98. The molecule has 3 aliphatic carbocycles. The lowest BCUT2D eigenvalue weighted by atomic mass is 9.74. The number of fused-ring (bicyclic) bond motifs is 2. The molecule has 0 spiro atoms. The Morgan fingerprint density at radius 3 is 2.29 bits per heavy atom. The summed E-state index contributed by atoms with van der Waals surface area (Å²) in [5.74, 6) is -0.882. The molecule has 9 heteroatoms. The number of hydrogen-bond donors (Lipinski definition) is 3. The van der Waals surface area contributed by atoms with Crippen LogP contribution in [0.4, 0.5) is 0 Å². The fraction of sp³-hybridized carbons (Fsp3) is 0.444. The van der Waals surface area contributed by atoms with E-state index in [1.54, 1.807) is 6.07 Å². The first-order valence-electron chi connectivity index (χ1n) is 15.7. The van der Waals surface area contributed by atoms with Crippen molar-refractivity contribution in [2.75, 3.05) is 14.2 Å². The number of allylic oxidation sites excluding steroid dienone is 2. The fourth-order valence-corrected chi connectivity index (χ4v) is 6.98. The number of ether oxygens (including phenoxy) is 2. The van der Waals surface area contributed by atoms with Crippen molar-refractivity contribution in [1.29, 1.82) is 0 Å². The highest BCUT2D eigenvalue weighted by molar-refractivity contribution is 5.96. The number of esters is 2. The summed E-state index contributed by atoms with van der Waals surface area (Å²) in [5.41, 5.74) is 13.9. The minimum atomic E-state index is -0.453. The van der Waals surface area contributed by atoms with Gasteiger partial charge in [0.05, 0.1) is 37.4 Å². The first-order chi connectivity index (χ1) is 21.5. The van der Waals surface area contributed by atoms with Gasteiger partial charge in [-0.15, -0.1) is 0 Å². The summed E-state index contributed by atoms with van der Waals surface area (Å²) < 4.78 is 9.90. The monoisotopic (exact) mass is 613 g/mol. The maximum absolute atomic E-state index is 13.7. The summed E-state index contributed by atoms with van der Waals surface area (Å²) in [6.45, 7) is 5.99. The SMILES string of the molecule is COC(=O)c1ccc2c(c1)C(NC(=O)CC(C)C)CCC2C1=CCC(N)C(C(=O)NC2CCc3c(C)cc(C(=O)OC)cc32)=C1. The Morgan fingerprint density at radius 2 is 1.58 bits per heavy atom. The predicted octanol–water partition coefficient (Wildman–Crippen LogP) is 5.04. The lowest BCUT2D eigenvalue weighted by Crippen LogP contribution is -2.38. The Morgan fingerprint density at radius 1 is 0.889 bits per heavy atom. The third-order valence-corrected chi connectivity index (χ3v) is 9.22. The van der Waals surface area contributed by atoms with Crippen LogP contribution in [-0.2, 0) is 25.5 Å². The minimum Gasteiger partial charge on any atom is -0.465 e. The van der Waals surface area contributed by atoms with Gasteiger partial charge in [-0.05, 0) is 109 Å². The van der Waals surface area contributed by atoms with Crippen LogP contribution in [0.2, 0.25) is 0 Å². The van der Waals surface area contributed by atoms with Gasteiger partial charge in [-0.1, -0.05) is 26.0 Å². The maximum atomic E-state index is 13.7. The number of hydrogen-bond acceptors (Lipinski definition) is 7. The Balaban J connectivity index is 1.41. The van der Waals surface area contributed by atoms with Gasteiger partial charge >= 0.3 is 11.9 Å². The van der Waals surface area contributed by atoms with Gasteiger partial charge in [0.1, 0.15) is 0 Å². The van der Waals surface area contributed by atoms with Gasteiger partial charge in [0.25, 0.3) is 0 Å². The van der Waals surface area contributed by atoms with Crippen molar-refractivity contribution in [2.45, 2.75) is 83.3 Å². The number of carbonyl (C=O) groups excluding carboxylic acids is 4. The molecular weight excluding hydrogens is 570 g/mol. The molecule has 0 aliphatic heterocycles. The van der Waals surface area contributed by atoms with Crippen LogP contribution in [0.3, 0.4) is 0 Å². The number of benzene rings is 2. The second kappa shape index (κ2) is 13.4. The van der Waals surface area contributed by atoms with Crippen LogP contribution in [0.25, 0.3) is 0 Å². The van der Waals surface area contributed by atoms with E-state index < -0.39 is 18.0 Å². The van der Waals surface area contributed by atoms with E-state index in [4.69, 9.17) is 15.2 Å². The Hall–Kier alpha value is -4.24. The lowest BCUT2D eigenvalue weighted by Gasteiger charge is -2.35. The van der Waals surface area contributed by atoms with Crippen molar-refractivity contribution in [3.63, 3.8) is 0 Å². The van der Waals surface area contributed by atoms with Crippen LogP contribution in [0.1, 0.15) is 112 Å². The largest absolute Gasteiger partial charge is 0.465 e. The second-order valence-electron chi connectivity index (χ2n) is 12.7. The van der Waals surface area contributed by atoms with Crippen molar-refractivity contribution in [3.8, 4) is 0 Å². The standard InChI is InChI=1S/C36H43N3O6/c1-19(2)14-33(40)38-31-13-10-25(26-8-6-22(17-28(26)31)35(42)44-4)21-7-11-30(37)29(16-21)34(41)39-32-12-9-24-20(3)15-23(18-27(24)32)36(43)45-5/h6-8,15-19,25,30-32H,9-14,37H2,1-5H3,(H,38,40)(H,39,41). The predicted molar refractivity (Wildman–Crippen MR) is 171 cm³/mol. The number of amides is 2. The first-order valence-corrected chi connectivity index (χ1v) is 15.7. The van der Waals surface area contributed by atoms with Crippen molar-refractivity contribution in [2.24, 2.45) is 11.7 Å². The maximum Gasteiger partial charge on any atom is 0.337 e. The molecule has 3 aliphatic rings. The van der Waals surface area contributed by atoms with E-state index in [2.05, 4.69) is 16.7 Å². The summed E-state index contributed by atoms with van der Waals surface area (Å²) in [7, 11) is 2.71. The van der Waals surface area contributed by atoms with Crippen LogP contribution in [0.15, 0.2) is 53.6 Å². The van der Waals surface area contributed by atoms with E-state index in [1.165, 1.54) is 14.2 Å². The van der Waals surface area contributed by atoms with Crippen molar-refractivity contribution >= 4 is 23.8 Å². The second-order valence-corrected chi connectivity index (χ2v) is 12.7. The van der Waals surface area contributed by atoms with Crippen LogP contribution >= 0.6 is 0 Å². The Labute approximate surface area is 264 Å². The molecule has 0 fully saturated rings. The minimum absolute atomic E-state index is 0.0213. The number of carbonyl (C=O) groups is 4. The highest BCUT2D eigenvalue weighted by atomic mass is 16.5. The summed E-state index contributed by atoms with van der Waals surface area (Å²) in [6, 6.07) is 8.25. The van der Waals surface area contributed by atoms with Gasteiger partial charge in [0, 0.05) is 24.0 Å². The molecule has 4 N–H and O–H groups in total. The van der Waals surface area contributed by atoms with Gasteiger partial charge < -0.3 is 25.8 Å². The molecule has 238 valence electrons. The summed E-state index contributed by atoms with van der Waals surface area (Å²) >= 11 is 0. The highest BCUT2D eigenvalue weighted by Gasteiger charge is 2.34. The normalized spacial score (nSPS) is 22.0. The van der Waals surface area contributed by atoms with Crippen LogP contribution < -0.4 is 16.4 Å². The molecule has 2 aromatic carbocycles. The Bertz CT molecular complexity index is 1590. The number of methoxy groups -OCH3 is 2. The molecule has 2 amide bonds. The lowest BCUT2D eigenvalue weighted by molar-refractivity contribution is -0.122. The molecule has 2 aromatic rings. The number of nitrogens with two attached hydrogens (primary N) is 1. The molecule has 4 unspecified atom stereocenters. The molecule has 0 saturated heterocycles. The van der Waals surface area contributed by atoms with Crippen molar-refractivity contribution < 1.29 is 28.7 Å². The third kappa shape index (κ3) is 6.73. The Kier molecular flexibility index (Phi) is 9.58. The van der Waals surface area contributed by atoms with Gasteiger partial charge in [-0.3, -0.25) is 9.59 Å². The zero-order chi connectivity index (χ0) is 32.4. The zero-order valence-corrected chi connectivity index (χ0v) is 26.7. The molecule has 0 bridgehead atoms. The molecule has 0 saturated carbocycles. The molecule has 45 heavy (non-hydrogen) atoms. The van der Waals surface area contributed by atoms with Gasteiger partial charge in [-0.25, -0.2) is 9.59 Å². The molecular formula is C36H43N3O6. The van der Waals surface area contributed by atoms with Crippen molar-refractivity contribution in [3.05, 3.63) is 92.6 Å². The van der Waals surface area contributed by atoms with Gasteiger partial charge in [-0.2, -0.15) is 0 Å².